The second kappa shape index (κ2) is 4.22. The fourth-order valence-electron chi connectivity index (χ4n) is 0.915. The van der Waals surface area contributed by atoms with E-state index < -0.39 is 19.7 Å². The van der Waals surface area contributed by atoms with Gasteiger partial charge in [0.2, 0.25) is 0 Å². The van der Waals surface area contributed by atoms with Crippen LogP contribution in [0.4, 0.5) is 4.39 Å². The van der Waals surface area contributed by atoms with Crippen LogP contribution in [0.5, 0.6) is 5.75 Å². The van der Waals surface area contributed by atoms with Crippen molar-refractivity contribution < 1.29 is 24.2 Å². The van der Waals surface area contributed by atoms with Crippen LogP contribution in [-0.2, 0) is 6.61 Å². The third-order valence-electron chi connectivity index (χ3n) is 1.44. The standard InChI is InChI=1S/C7H8BFO4/c9-6-3-1-2-5(4-10)7(6)13-8(11)12/h1-3,10-12H,4H2. The van der Waals surface area contributed by atoms with Crippen LogP contribution in [0.1, 0.15) is 5.56 Å². The Labute approximate surface area is 74.4 Å². The predicted molar refractivity (Wildman–Crippen MR) is 43.1 cm³/mol. The third kappa shape index (κ3) is 2.41. The molecule has 13 heavy (non-hydrogen) atoms. The van der Waals surface area contributed by atoms with Gasteiger partial charge in [0.15, 0.2) is 5.82 Å². The van der Waals surface area contributed by atoms with Crippen LogP contribution in [-0.4, -0.2) is 22.5 Å². The predicted octanol–water partition coefficient (Wildman–Crippen LogP) is -0.334. The normalized spacial score (nSPS) is 9.85. The van der Waals surface area contributed by atoms with E-state index in [2.05, 4.69) is 4.65 Å². The van der Waals surface area contributed by atoms with Crippen LogP contribution in [0.25, 0.3) is 0 Å². The van der Waals surface area contributed by atoms with Crippen molar-refractivity contribution in [2.24, 2.45) is 0 Å². The Bertz CT molecular complexity index is 292. The molecule has 0 atom stereocenters. The fraction of sp³-hybridized carbons (Fsp3) is 0.143. The van der Waals surface area contributed by atoms with E-state index in [1.54, 1.807) is 0 Å². The Balaban J connectivity index is 3.00. The summed E-state index contributed by atoms with van der Waals surface area (Å²) in [5.74, 6) is -1.10. The molecule has 4 nitrogen and oxygen atoms in total. The number of halogens is 1. The second-order valence-electron chi connectivity index (χ2n) is 2.33. The van der Waals surface area contributed by atoms with Gasteiger partial charge in [-0.05, 0) is 6.07 Å². The molecule has 0 radical (unpaired) electrons. The molecule has 0 aromatic heterocycles. The summed E-state index contributed by atoms with van der Waals surface area (Å²) in [6.45, 7) is -0.431. The summed E-state index contributed by atoms with van der Waals surface area (Å²) in [5, 5.41) is 25.6. The number of hydrogen-bond donors (Lipinski definition) is 3. The van der Waals surface area contributed by atoms with Gasteiger partial charge in [-0.3, -0.25) is 0 Å². The highest BCUT2D eigenvalue weighted by molar-refractivity contribution is 6.33. The van der Waals surface area contributed by atoms with Crippen molar-refractivity contribution >= 4 is 7.32 Å². The van der Waals surface area contributed by atoms with E-state index in [1.165, 1.54) is 12.1 Å². The molecule has 0 fully saturated rings. The van der Waals surface area contributed by atoms with Crippen molar-refractivity contribution in [2.75, 3.05) is 0 Å². The SMILES string of the molecule is OCc1cccc(F)c1OB(O)O. The minimum atomic E-state index is -2.10. The number of hydrogen-bond acceptors (Lipinski definition) is 4. The van der Waals surface area contributed by atoms with Crippen molar-refractivity contribution in [1.29, 1.82) is 0 Å². The van der Waals surface area contributed by atoms with Crippen molar-refractivity contribution in [2.45, 2.75) is 6.61 Å². The Morgan fingerprint density at radius 1 is 1.38 bits per heavy atom. The molecule has 0 bridgehead atoms. The molecule has 6 heteroatoms. The van der Waals surface area contributed by atoms with Crippen LogP contribution < -0.4 is 4.65 Å². The number of aliphatic hydroxyl groups excluding tert-OH is 1. The monoisotopic (exact) mass is 186 g/mol. The van der Waals surface area contributed by atoms with Gasteiger partial charge in [-0.15, -0.1) is 0 Å². The fourth-order valence-corrected chi connectivity index (χ4v) is 0.915. The maximum atomic E-state index is 12.9. The van der Waals surface area contributed by atoms with E-state index >= 15 is 0 Å². The van der Waals surface area contributed by atoms with Crippen molar-refractivity contribution in [3.8, 4) is 5.75 Å². The van der Waals surface area contributed by atoms with Crippen LogP contribution in [0.15, 0.2) is 18.2 Å². The molecule has 0 unspecified atom stereocenters. The summed E-state index contributed by atoms with van der Waals surface area (Å²) in [6, 6.07) is 3.90. The molecule has 70 valence electrons. The van der Waals surface area contributed by atoms with Gasteiger partial charge in [-0.25, -0.2) is 4.39 Å². The van der Waals surface area contributed by atoms with Crippen molar-refractivity contribution in [1.82, 2.24) is 0 Å². The van der Waals surface area contributed by atoms with Crippen molar-refractivity contribution in [3.63, 3.8) is 0 Å². The molecular weight excluding hydrogens is 178 g/mol. The van der Waals surface area contributed by atoms with Gasteiger partial charge >= 0.3 is 7.32 Å². The lowest BCUT2D eigenvalue weighted by atomic mass is 10.1. The molecule has 0 aliphatic heterocycles. The molecule has 1 aromatic rings. The molecule has 3 N–H and O–H groups in total. The smallest absolute Gasteiger partial charge is 0.509 e. The van der Waals surface area contributed by atoms with E-state index in [9.17, 15) is 4.39 Å². The number of benzene rings is 1. The summed E-state index contributed by atoms with van der Waals surface area (Å²) in [7, 11) is -2.10. The first-order valence-electron chi connectivity index (χ1n) is 3.56. The first-order valence-corrected chi connectivity index (χ1v) is 3.56. The first kappa shape index (κ1) is 9.98. The van der Waals surface area contributed by atoms with Gasteiger partial charge in [-0.1, -0.05) is 12.1 Å². The second-order valence-corrected chi connectivity index (χ2v) is 2.33. The zero-order valence-electron chi connectivity index (χ0n) is 6.64. The highest BCUT2D eigenvalue weighted by atomic mass is 19.1. The van der Waals surface area contributed by atoms with Gasteiger partial charge in [0, 0.05) is 5.56 Å². The average molecular weight is 186 g/mol. The molecule has 1 aromatic carbocycles. The van der Waals surface area contributed by atoms with Crippen LogP contribution in [0.2, 0.25) is 0 Å². The van der Waals surface area contributed by atoms with Crippen molar-refractivity contribution in [3.05, 3.63) is 29.6 Å². The molecule has 0 heterocycles. The summed E-state index contributed by atoms with van der Waals surface area (Å²) < 4.78 is 17.3. The van der Waals surface area contributed by atoms with Gasteiger partial charge in [-0.2, -0.15) is 0 Å². The minimum absolute atomic E-state index is 0.160. The molecular formula is C7H8BFO4. The Morgan fingerprint density at radius 3 is 2.62 bits per heavy atom. The van der Waals surface area contributed by atoms with E-state index in [0.29, 0.717) is 0 Å². The Morgan fingerprint density at radius 2 is 2.08 bits per heavy atom. The molecule has 0 saturated heterocycles. The van der Waals surface area contributed by atoms with E-state index in [0.717, 1.165) is 6.07 Å². The van der Waals surface area contributed by atoms with E-state index in [4.69, 9.17) is 15.2 Å². The average Bonchev–Trinajstić information content (AvgIpc) is 2.08. The highest BCUT2D eigenvalue weighted by Gasteiger charge is 2.17. The lowest BCUT2D eigenvalue weighted by molar-refractivity contribution is 0.258. The van der Waals surface area contributed by atoms with Crippen LogP contribution in [0.3, 0.4) is 0 Å². The van der Waals surface area contributed by atoms with Gasteiger partial charge in [0.1, 0.15) is 5.75 Å². The lowest BCUT2D eigenvalue weighted by Gasteiger charge is -2.09. The van der Waals surface area contributed by atoms with E-state index in [-0.39, 0.29) is 11.3 Å². The molecule has 0 spiro atoms. The zero-order valence-corrected chi connectivity index (χ0v) is 6.64. The molecule has 0 aliphatic carbocycles. The summed E-state index contributed by atoms with van der Waals surface area (Å²) in [4.78, 5) is 0. The zero-order chi connectivity index (χ0) is 9.84. The summed E-state index contributed by atoms with van der Waals surface area (Å²) in [6.07, 6.45) is 0. The van der Waals surface area contributed by atoms with E-state index in [1.807, 2.05) is 0 Å². The Hall–Kier alpha value is -1.11. The summed E-state index contributed by atoms with van der Waals surface area (Å²) >= 11 is 0. The lowest BCUT2D eigenvalue weighted by Crippen LogP contribution is -2.22. The number of aliphatic hydroxyl groups is 1. The first-order chi connectivity index (χ1) is 6.15. The highest BCUT2D eigenvalue weighted by Crippen LogP contribution is 2.22. The third-order valence-corrected chi connectivity index (χ3v) is 1.44. The summed E-state index contributed by atoms with van der Waals surface area (Å²) in [5.41, 5.74) is 0.160. The maximum absolute atomic E-state index is 12.9. The number of rotatable bonds is 3. The molecule has 0 saturated carbocycles. The maximum Gasteiger partial charge on any atom is 0.707 e. The van der Waals surface area contributed by atoms with Gasteiger partial charge < -0.3 is 19.8 Å². The van der Waals surface area contributed by atoms with Gasteiger partial charge in [0.05, 0.1) is 6.61 Å². The quantitative estimate of drug-likeness (QED) is 0.565. The molecule has 1 rings (SSSR count). The minimum Gasteiger partial charge on any atom is -0.509 e. The Kier molecular flexibility index (Phi) is 3.24. The molecule has 0 amide bonds. The van der Waals surface area contributed by atoms with Gasteiger partial charge in [0.25, 0.3) is 0 Å². The molecule has 0 aliphatic rings. The van der Waals surface area contributed by atoms with Crippen LogP contribution in [0, 0.1) is 5.82 Å². The van der Waals surface area contributed by atoms with Crippen LogP contribution >= 0.6 is 0 Å². The largest absolute Gasteiger partial charge is 0.707 e. The number of para-hydroxylation sites is 1. The topological polar surface area (TPSA) is 69.9 Å².